The fourth-order valence-corrected chi connectivity index (χ4v) is 3.44. The maximum atomic E-state index is 13.4. The van der Waals surface area contributed by atoms with E-state index in [0.29, 0.717) is 0 Å². The Balaban J connectivity index is 1.77. The lowest BCUT2D eigenvalue weighted by atomic mass is 10.1. The molecule has 0 spiro atoms. The highest BCUT2D eigenvalue weighted by Crippen LogP contribution is 2.27. The van der Waals surface area contributed by atoms with Crippen LogP contribution in [-0.2, 0) is 21.8 Å². The minimum absolute atomic E-state index is 0.0198. The second-order valence-corrected chi connectivity index (χ2v) is 8.28. The van der Waals surface area contributed by atoms with Crippen LogP contribution in [0.25, 0.3) is 11.4 Å². The molecule has 3 aromatic rings. The Morgan fingerprint density at radius 1 is 1.24 bits per heavy atom. The zero-order chi connectivity index (χ0) is 24.0. The maximum absolute atomic E-state index is 13.4. The Bertz CT molecular complexity index is 1260. The van der Waals surface area contributed by atoms with Crippen molar-refractivity contribution in [2.24, 2.45) is 7.05 Å². The predicted octanol–water partition coefficient (Wildman–Crippen LogP) is 2.70. The number of sulfonamides is 1. The fraction of sp³-hybridized carbons (Fsp3) is 0.211. The number of nitriles is 1. The molecule has 1 atom stereocenters. The standard InChI is InChI=1S/C19H17F2N7O4S/c1-28-18(24-19(29)32-16(17(20)21)12-5-3-2-4-6-12)15(25-27-28)14-8-7-13(11-23-14)26-33(30,31)10-9-22/h2-8,11,16-17,26H,10H2,1H3,(H,24,29)/t16-/m0/s1. The number of pyridine rings is 1. The van der Waals surface area contributed by atoms with Crippen LogP contribution in [0, 0.1) is 11.3 Å². The molecule has 0 saturated carbocycles. The molecule has 11 nitrogen and oxygen atoms in total. The number of hydrogen-bond donors (Lipinski definition) is 2. The van der Waals surface area contributed by atoms with E-state index in [1.807, 2.05) is 0 Å². The number of ether oxygens (including phenoxy) is 1. The summed E-state index contributed by atoms with van der Waals surface area (Å²) in [7, 11) is -2.39. The summed E-state index contributed by atoms with van der Waals surface area (Å²) in [6.07, 6.45) is -4.71. The van der Waals surface area contributed by atoms with Gasteiger partial charge in [-0.25, -0.2) is 26.7 Å². The lowest BCUT2D eigenvalue weighted by molar-refractivity contribution is -0.0143. The second-order valence-electron chi connectivity index (χ2n) is 6.56. The first-order chi connectivity index (χ1) is 15.7. The minimum Gasteiger partial charge on any atom is -0.435 e. The van der Waals surface area contributed by atoms with E-state index in [1.54, 1.807) is 18.2 Å². The van der Waals surface area contributed by atoms with E-state index in [9.17, 15) is 22.0 Å². The molecule has 3 rings (SSSR count). The smallest absolute Gasteiger partial charge is 0.413 e. The molecule has 0 aliphatic heterocycles. The monoisotopic (exact) mass is 477 g/mol. The summed E-state index contributed by atoms with van der Waals surface area (Å²) in [6, 6.07) is 11.9. The Labute approximate surface area is 187 Å². The van der Waals surface area contributed by atoms with Gasteiger partial charge in [0.25, 0.3) is 6.43 Å². The molecule has 2 aromatic heterocycles. The van der Waals surface area contributed by atoms with E-state index in [2.05, 4.69) is 25.3 Å². The van der Waals surface area contributed by atoms with E-state index in [1.165, 1.54) is 48.3 Å². The molecule has 0 unspecified atom stereocenters. The number of nitrogens with one attached hydrogen (secondary N) is 2. The number of alkyl halides is 2. The molecule has 14 heteroatoms. The van der Waals surface area contributed by atoms with Crippen LogP contribution in [0.15, 0.2) is 48.7 Å². The largest absolute Gasteiger partial charge is 0.435 e. The predicted molar refractivity (Wildman–Crippen MR) is 113 cm³/mol. The number of nitrogens with zero attached hydrogens (tertiary/aromatic N) is 5. The molecule has 0 bridgehead atoms. The SMILES string of the molecule is Cn1nnc(-c2ccc(NS(=O)(=O)CC#N)cn2)c1NC(=O)O[C@@H](c1ccccc1)C(F)F. The molecule has 1 amide bonds. The molecule has 0 radical (unpaired) electrons. The van der Waals surface area contributed by atoms with Crippen LogP contribution < -0.4 is 10.0 Å². The fourth-order valence-electron chi connectivity index (χ4n) is 2.71. The molecule has 0 aliphatic rings. The number of halogens is 2. The van der Waals surface area contributed by atoms with Gasteiger partial charge in [-0.1, -0.05) is 35.5 Å². The lowest BCUT2D eigenvalue weighted by Gasteiger charge is -2.18. The molecule has 2 N–H and O–H groups in total. The van der Waals surface area contributed by atoms with Gasteiger partial charge in [0.15, 0.2) is 23.4 Å². The number of rotatable bonds is 8. The number of benzene rings is 1. The topological polar surface area (TPSA) is 152 Å². The normalized spacial score (nSPS) is 12.1. The van der Waals surface area contributed by atoms with Crippen LogP contribution in [0.3, 0.4) is 0 Å². The van der Waals surface area contributed by atoms with Gasteiger partial charge in [-0.2, -0.15) is 5.26 Å². The van der Waals surface area contributed by atoms with Crippen molar-refractivity contribution >= 4 is 27.6 Å². The summed E-state index contributed by atoms with van der Waals surface area (Å²) < 4.78 is 58.5. The number of aryl methyl sites for hydroxylation is 1. The molecule has 2 heterocycles. The molecule has 172 valence electrons. The highest BCUT2D eigenvalue weighted by molar-refractivity contribution is 7.92. The Morgan fingerprint density at radius 3 is 2.58 bits per heavy atom. The summed E-state index contributed by atoms with van der Waals surface area (Å²) in [5.41, 5.74) is 0.529. The van der Waals surface area contributed by atoms with E-state index < -0.39 is 34.4 Å². The van der Waals surface area contributed by atoms with Gasteiger partial charge < -0.3 is 4.74 Å². The Kier molecular flexibility index (Phi) is 7.13. The summed E-state index contributed by atoms with van der Waals surface area (Å²) in [6.45, 7) is 0. The van der Waals surface area contributed by atoms with Crippen LogP contribution in [0.5, 0.6) is 0 Å². The van der Waals surface area contributed by atoms with Gasteiger partial charge in [-0.3, -0.25) is 15.0 Å². The van der Waals surface area contributed by atoms with Crippen molar-refractivity contribution in [3.05, 3.63) is 54.2 Å². The van der Waals surface area contributed by atoms with E-state index in [-0.39, 0.29) is 28.5 Å². The van der Waals surface area contributed by atoms with Gasteiger partial charge in [-0.05, 0) is 17.7 Å². The van der Waals surface area contributed by atoms with Gasteiger partial charge in [0.2, 0.25) is 10.0 Å². The maximum Gasteiger partial charge on any atom is 0.413 e. The van der Waals surface area contributed by atoms with Crippen LogP contribution in [0.2, 0.25) is 0 Å². The number of carbonyl (C=O) groups is 1. The first-order valence-corrected chi connectivity index (χ1v) is 10.9. The van der Waals surface area contributed by atoms with Crippen molar-refractivity contribution in [2.75, 3.05) is 15.8 Å². The molecular formula is C19H17F2N7O4S. The summed E-state index contributed by atoms with van der Waals surface area (Å²) in [4.78, 5) is 16.4. The Hall–Kier alpha value is -4.12. The molecular weight excluding hydrogens is 460 g/mol. The van der Waals surface area contributed by atoms with Crippen molar-refractivity contribution in [3.63, 3.8) is 0 Å². The molecule has 0 aliphatic carbocycles. The first kappa shape index (κ1) is 23.5. The van der Waals surface area contributed by atoms with Gasteiger partial charge in [-0.15, -0.1) is 5.10 Å². The quantitative estimate of drug-likeness (QED) is 0.502. The third-order valence-corrected chi connectivity index (χ3v) is 5.23. The summed E-state index contributed by atoms with van der Waals surface area (Å²) in [5, 5.41) is 18.6. The van der Waals surface area contributed by atoms with Gasteiger partial charge in [0, 0.05) is 7.05 Å². The van der Waals surface area contributed by atoms with Crippen molar-refractivity contribution in [3.8, 4) is 17.5 Å². The average molecular weight is 477 g/mol. The van der Waals surface area contributed by atoms with Crippen LogP contribution in [0.1, 0.15) is 11.7 Å². The van der Waals surface area contributed by atoms with Gasteiger partial charge in [0.05, 0.1) is 23.6 Å². The minimum atomic E-state index is -3.84. The second kappa shape index (κ2) is 10.0. The summed E-state index contributed by atoms with van der Waals surface area (Å²) in [5.74, 6) is -0.705. The van der Waals surface area contributed by atoms with Gasteiger partial charge >= 0.3 is 6.09 Å². The number of carbonyl (C=O) groups excluding carboxylic acids is 1. The third-order valence-electron chi connectivity index (χ3n) is 4.17. The third kappa shape index (κ3) is 5.98. The van der Waals surface area contributed by atoms with E-state index >= 15 is 0 Å². The van der Waals surface area contributed by atoms with E-state index in [0.717, 1.165) is 0 Å². The molecule has 0 fully saturated rings. The highest BCUT2D eigenvalue weighted by atomic mass is 32.2. The molecule has 0 saturated heterocycles. The van der Waals surface area contributed by atoms with E-state index in [4.69, 9.17) is 10.00 Å². The van der Waals surface area contributed by atoms with Crippen molar-refractivity contribution < 1.29 is 26.7 Å². The summed E-state index contributed by atoms with van der Waals surface area (Å²) >= 11 is 0. The molecule has 1 aromatic carbocycles. The Morgan fingerprint density at radius 2 is 1.97 bits per heavy atom. The molecule has 33 heavy (non-hydrogen) atoms. The van der Waals surface area contributed by atoms with Crippen LogP contribution in [-0.4, -0.2) is 46.7 Å². The number of amides is 1. The number of anilines is 2. The average Bonchev–Trinajstić information content (AvgIpc) is 3.12. The number of hydrogen-bond acceptors (Lipinski definition) is 8. The first-order valence-electron chi connectivity index (χ1n) is 9.24. The van der Waals surface area contributed by atoms with Crippen molar-refractivity contribution in [1.29, 1.82) is 5.26 Å². The lowest BCUT2D eigenvalue weighted by Crippen LogP contribution is -2.23. The van der Waals surface area contributed by atoms with Gasteiger partial charge in [0.1, 0.15) is 0 Å². The zero-order valence-corrected chi connectivity index (χ0v) is 17.8. The van der Waals surface area contributed by atoms with Crippen molar-refractivity contribution in [2.45, 2.75) is 12.5 Å². The van der Waals surface area contributed by atoms with Crippen molar-refractivity contribution in [1.82, 2.24) is 20.0 Å². The van der Waals surface area contributed by atoms with Crippen LogP contribution in [0.4, 0.5) is 25.1 Å². The van der Waals surface area contributed by atoms with Crippen LogP contribution >= 0.6 is 0 Å². The zero-order valence-electron chi connectivity index (χ0n) is 17.0. The number of aromatic nitrogens is 4. The highest BCUT2D eigenvalue weighted by Gasteiger charge is 2.28.